The van der Waals surface area contributed by atoms with E-state index in [1.165, 1.54) is 45.3 Å². The summed E-state index contributed by atoms with van der Waals surface area (Å²) in [5.74, 6) is 0.889. The van der Waals surface area contributed by atoms with Crippen LogP contribution in [0.2, 0.25) is 0 Å². The largest absolute Gasteiger partial charge is 0.303 e. The van der Waals surface area contributed by atoms with E-state index in [1.54, 1.807) is 0 Å². The number of hydrogen-bond donors (Lipinski definition) is 0. The van der Waals surface area contributed by atoms with E-state index < -0.39 is 0 Å². The molecule has 1 heteroatoms. The second-order valence-electron chi connectivity index (χ2n) is 5.00. The molecule has 0 aliphatic carbocycles. The van der Waals surface area contributed by atoms with Gasteiger partial charge in [-0.05, 0) is 50.1 Å². The van der Waals surface area contributed by atoms with Gasteiger partial charge in [-0.25, -0.2) is 0 Å². The maximum Gasteiger partial charge on any atom is 0.00404 e. The summed E-state index contributed by atoms with van der Waals surface area (Å²) in [6.45, 7) is 8.96. The molecule has 0 saturated carbocycles. The van der Waals surface area contributed by atoms with E-state index in [9.17, 15) is 0 Å². The minimum atomic E-state index is 0.705. The Labute approximate surface area is 76.1 Å². The molecule has 2 saturated heterocycles. The molecule has 2 heterocycles. The van der Waals surface area contributed by atoms with E-state index in [4.69, 9.17) is 0 Å². The zero-order valence-corrected chi connectivity index (χ0v) is 8.47. The number of hydrogen-bond acceptors (Lipinski definition) is 1. The third kappa shape index (κ3) is 1.28. The Hall–Kier alpha value is -0.0400. The van der Waals surface area contributed by atoms with Crippen molar-refractivity contribution in [2.24, 2.45) is 11.3 Å². The van der Waals surface area contributed by atoms with E-state index in [0.717, 1.165) is 5.92 Å². The SMILES string of the molecule is CC(C)C12CCCN(CCC1)C2. The quantitative estimate of drug-likeness (QED) is 0.580. The monoisotopic (exact) mass is 167 g/mol. The van der Waals surface area contributed by atoms with Crippen molar-refractivity contribution >= 4 is 0 Å². The summed E-state index contributed by atoms with van der Waals surface area (Å²) in [7, 11) is 0. The van der Waals surface area contributed by atoms with Crippen LogP contribution >= 0.6 is 0 Å². The highest BCUT2D eigenvalue weighted by Crippen LogP contribution is 2.43. The Bertz CT molecular complexity index is 152. The molecule has 2 rings (SSSR count). The highest BCUT2D eigenvalue weighted by molar-refractivity contribution is 4.92. The van der Waals surface area contributed by atoms with Crippen LogP contribution in [0.4, 0.5) is 0 Å². The predicted octanol–water partition coefficient (Wildman–Crippen LogP) is 2.52. The van der Waals surface area contributed by atoms with Gasteiger partial charge in [0.1, 0.15) is 0 Å². The molecule has 1 nitrogen and oxygen atoms in total. The van der Waals surface area contributed by atoms with Crippen molar-refractivity contribution in [2.45, 2.75) is 39.5 Å². The molecule has 0 spiro atoms. The van der Waals surface area contributed by atoms with Crippen molar-refractivity contribution in [1.29, 1.82) is 0 Å². The van der Waals surface area contributed by atoms with Gasteiger partial charge in [0.25, 0.3) is 0 Å². The molecule has 2 fully saturated rings. The minimum Gasteiger partial charge on any atom is -0.303 e. The lowest BCUT2D eigenvalue weighted by Crippen LogP contribution is -2.50. The van der Waals surface area contributed by atoms with Crippen LogP contribution in [0.3, 0.4) is 0 Å². The summed E-state index contributed by atoms with van der Waals surface area (Å²) in [5, 5.41) is 0. The number of nitrogens with zero attached hydrogens (tertiary/aromatic N) is 1. The zero-order valence-electron chi connectivity index (χ0n) is 8.47. The van der Waals surface area contributed by atoms with Crippen molar-refractivity contribution in [2.75, 3.05) is 19.6 Å². The average molecular weight is 167 g/mol. The number of piperidine rings is 2. The zero-order chi connectivity index (χ0) is 8.60. The van der Waals surface area contributed by atoms with Crippen LogP contribution in [-0.2, 0) is 0 Å². The summed E-state index contributed by atoms with van der Waals surface area (Å²) < 4.78 is 0. The van der Waals surface area contributed by atoms with Crippen LogP contribution < -0.4 is 0 Å². The van der Waals surface area contributed by atoms with Gasteiger partial charge in [0.15, 0.2) is 0 Å². The summed E-state index contributed by atoms with van der Waals surface area (Å²) in [4.78, 5) is 2.67. The van der Waals surface area contributed by atoms with Crippen LogP contribution in [0.1, 0.15) is 39.5 Å². The van der Waals surface area contributed by atoms with E-state index in [-0.39, 0.29) is 0 Å². The van der Waals surface area contributed by atoms with Gasteiger partial charge in [0.2, 0.25) is 0 Å². The van der Waals surface area contributed by atoms with Crippen LogP contribution in [0.5, 0.6) is 0 Å². The van der Waals surface area contributed by atoms with Crippen LogP contribution in [0.25, 0.3) is 0 Å². The second-order valence-corrected chi connectivity index (χ2v) is 5.00. The van der Waals surface area contributed by atoms with Gasteiger partial charge in [-0.15, -0.1) is 0 Å². The number of fused-ring (bicyclic) bond motifs is 2. The van der Waals surface area contributed by atoms with Crippen molar-refractivity contribution in [3.05, 3.63) is 0 Å². The molecule has 2 aliphatic heterocycles. The summed E-state index contributed by atoms with van der Waals surface area (Å²) in [5.41, 5.74) is 0.705. The maximum absolute atomic E-state index is 2.67. The van der Waals surface area contributed by atoms with Gasteiger partial charge in [-0.3, -0.25) is 0 Å². The first-order chi connectivity index (χ1) is 5.73. The number of rotatable bonds is 1. The first kappa shape index (κ1) is 8.55. The lowest BCUT2D eigenvalue weighted by molar-refractivity contribution is 0.00266. The minimum absolute atomic E-state index is 0.705. The molecule has 0 radical (unpaired) electrons. The molecule has 0 N–H and O–H groups in total. The molecule has 2 bridgehead atoms. The fourth-order valence-corrected chi connectivity index (χ4v) is 3.07. The van der Waals surface area contributed by atoms with Crippen molar-refractivity contribution in [1.82, 2.24) is 4.90 Å². The molecule has 0 amide bonds. The molecule has 0 aromatic rings. The third-order valence-electron chi connectivity index (χ3n) is 4.06. The Morgan fingerprint density at radius 1 is 1.08 bits per heavy atom. The fraction of sp³-hybridized carbons (Fsp3) is 1.00. The van der Waals surface area contributed by atoms with E-state index >= 15 is 0 Å². The van der Waals surface area contributed by atoms with Gasteiger partial charge in [-0.1, -0.05) is 13.8 Å². The summed E-state index contributed by atoms with van der Waals surface area (Å²) in [6, 6.07) is 0. The Kier molecular flexibility index (Phi) is 2.16. The fourth-order valence-electron chi connectivity index (χ4n) is 3.07. The van der Waals surface area contributed by atoms with Gasteiger partial charge in [-0.2, -0.15) is 0 Å². The van der Waals surface area contributed by atoms with Crippen LogP contribution in [0.15, 0.2) is 0 Å². The topological polar surface area (TPSA) is 3.24 Å². The van der Waals surface area contributed by atoms with E-state index in [1.807, 2.05) is 0 Å². The van der Waals surface area contributed by atoms with Gasteiger partial charge in [0.05, 0.1) is 0 Å². The second kappa shape index (κ2) is 3.02. The highest BCUT2D eigenvalue weighted by atomic mass is 15.1. The van der Waals surface area contributed by atoms with Gasteiger partial charge in [0, 0.05) is 6.54 Å². The first-order valence-corrected chi connectivity index (χ1v) is 5.45. The van der Waals surface area contributed by atoms with Crippen molar-refractivity contribution < 1.29 is 0 Å². The third-order valence-corrected chi connectivity index (χ3v) is 4.06. The van der Waals surface area contributed by atoms with Crippen LogP contribution in [0, 0.1) is 11.3 Å². The maximum atomic E-state index is 2.67. The summed E-state index contributed by atoms with van der Waals surface area (Å²) in [6.07, 6.45) is 5.86. The van der Waals surface area contributed by atoms with Gasteiger partial charge < -0.3 is 4.90 Å². The predicted molar refractivity (Wildman–Crippen MR) is 52.2 cm³/mol. The average Bonchev–Trinajstić information content (AvgIpc) is 2.04. The molecular weight excluding hydrogens is 146 g/mol. The molecule has 2 aliphatic rings. The van der Waals surface area contributed by atoms with Gasteiger partial charge >= 0.3 is 0 Å². The smallest absolute Gasteiger partial charge is 0.00404 e. The normalized spacial score (nSPS) is 41.8. The Morgan fingerprint density at radius 2 is 1.67 bits per heavy atom. The molecule has 0 unspecified atom stereocenters. The molecule has 0 atom stereocenters. The van der Waals surface area contributed by atoms with E-state index in [2.05, 4.69) is 18.7 Å². The molecule has 70 valence electrons. The molecular formula is C11H21N. The summed E-state index contributed by atoms with van der Waals surface area (Å²) >= 11 is 0. The highest BCUT2D eigenvalue weighted by Gasteiger charge is 2.40. The van der Waals surface area contributed by atoms with Crippen molar-refractivity contribution in [3.63, 3.8) is 0 Å². The van der Waals surface area contributed by atoms with Crippen LogP contribution in [-0.4, -0.2) is 24.5 Å². The Morgan fingerprint density at radius 3 is 2.08 bits per heavy atom. The lowest BCUT2D eigenvalue weighted by Gasteiger charge is -2.49. The molecule has 12 heavy (non-hydrogen) atoms. The lowest BCUT2D eigenvalue weighted by atomic mass is 9.66. The molecule has 0 aromatic heterocycles. The van der Waals surface area contributed by atoms with E-state index in [0.29, 0.717) is 5.41 Å². The van der Waals surface area contributed by atoms with Crippen molar-refractivity contribution in [3.8, 4) is 0 Å². The first-order valence-electron chi connectivity index (χ1n) is 5.45. The Balaban J connectivity index is 2.12. The standard InChI is InChI=1S/C11H21N/c1-10(2)11-5-3-7-12(9-11)8-4-6-11/h10H,3-9H2,1-2H3. The molecule has 0 aromatic carbocycles.